The molecule has 0 heterocycles. The number of non-ortho nitro benzene ring substituents is 1. The molecule has 1 aliphatic rings. The molecule has 1 N–H and O–H groups in total. The standard InChI is InChI=1S/C10H11ClN2O2/c11-9-5-4-8(13(14)15)6-10(9)12-7-2-1-3-7/h4-7,12H,1-3H2. The maximum absolute atomic E-state index is 10.6. The van der Waals surface area contributed by atoms with Gasteiger partial charge < -0.3 is 5.32 Å². The summed E-state index contributed by atoms with van der Waals surface area (Å²) in [6, 6.07) is 4.87. The Bertz CT molecular complexity index is 391. The molecule has 15 heavy (non-hydrogen) atoms. The number of benzene rings is 1. The van der Waals surface area contributed by atoms with E-state index in [1.807, 2.05) is 0 Å². The second-order valence-electron chi connectivity index (χ2n) is 3.69. The normalized spacial score (nSPS) is 15.8. The van der Waals surface area contributed by atoms with Gasteiger partial charge in [0.05, 0.1) is 15.6 Å². The molecule has 2 rings (SSSR count). The van der Waals surface area contributed by atoms with Crippen molar-refractivity contribution in [3.63, 3.8) is 0 Å². The third-order valence-corrected chi connectivity index (χ3v) is 2.96. The molecule has 0 amide bonds. The Morgan fingerprint density at radius 2 is 2.20 bits per heavy atom. The van der Waals surface area contributed by atoms with Crippen molar-refractivity contribution in [2.24, 2.45) is 0 Å². The third-order valence-electron chi connectivity index (χ3n) is 2.63. The number of anilines is 1. The Morgan fingerprint density at radius 1 is 1.47 bits per heavy atom. The zero-order valence-electron chi connectivity index (χ0n) is 8.07. The Morgan fingerprint density at radius 3 is 2.73 bits per heavy atom. The Balaban J connectivity index is 2.19. The van der Waals surface area contributed by atoms with Crippen LogP contribution in [0.4, 0.5) is 11.4 Å². The van der Waals surface area contributed by atoms with Gasteiger partial charge >= 0.3 is 0 Å². The highest BCUT2D eigenvalue weighted by molar-refractivity contribution is 6.33. The Hall–Kier alpha value is -1.29. The van der Waals surface area contributed by atoms with Gasteiger partial charge in [-0.15, -0.1) is 0 Å². The molecule has 0 saturated heterocycles. The van der Waals surface area contributed by atoms with E-state index in [2.05, 4.69) is 5.32 Å². The van der Waals surface area contributed by atoms with E-state index in [0.717, 1.165) is 12.8 Å². The third kappa shape index (κ3) is 2.21. The summed E-state index contributed by atoms with van der Waals surface area (Å²) in [6.07, 6.45) is 3.43. The quantitative estimate of drug-likeness (QED) is 0.636. The van der Waals surface area contributed by atoms with Crippen LogP contribution in [0.3, 0.4) is 0 Å². The van der Waals surface area contributed by atoms with Crippen LogP contribution < -0.4 is 5.32 Å². The van der Waals surface area contributed by atoms with Gasteiger partial charge in [-0.05, 0) is 25.3 Å². The molecule has 1 aromatic rings. The average molecular weight is 227 g/mol. The lowest BCUT2D eigenvalue weighted by molar-refractivity contribution is -0.384. The van der Waals surface area contributed by atoms with Gasteiger partial charge in [0, 0.05) is 18.2 Å². The summed E-state index contributed by atoms with van der Waals surface area (Å²) in [5, 5.41) is 14.3. The molecule has 1 aromatic carbocycles. The van der Waals surface area contributed by atoms with E-state index in [1.165, 1.54) is 18.6 Å². The van der Waals surface area contributed by atoms with E-state index in [9.17, 15) is 10.1 Å². The minimum Gasteiger partial charge on any atom is -0.381 e. The highest BCUT2D eigenvalue weighted by Crippen LogP contribution is 2.30. The highest BCUT2D eigenvalue weighted by atomic mass is 35.5. The lowest BCUT2D eigenvalue weighted by Crippen LogP contribution is -2.27. The first-order valence-electron chi connectivity index (χ1n) is 4.87. The summed E-state index contributed by atoms with van der Waals surface area (Å²) in [4.78, 5) is 10.2. The van der Waals surface area contributed by atoms with Gasteiger partial charge in [-0.2, -0.15) is 0 Å². The van der Waals surface area contributed by atoms with Crippen LogP contribution in [-0.2, 0) is 0 Å². The summed E-state index contributed by atoms with van der Waals surface area (Å²) in [5.41, 5.74) is 0.733. The van der Waals surface area contributed by atoms with Crippen LogP contribution >= 0.6 is 11.6 Å². The van der Waals surface area contributed by atoms with Gasteiger partial charge in [0.15, 0.2) is 0 Å². The molecule has 80 valence electrons. The number of nitrogens with zero attached hydrogens (tertiary/aromatic N) is 1. The average Bonchev–Trinajstić information content (AvgIpc) is 2.13. The second-order valence-corrected chi connectivity index (χ2v) is 4.10. The second kappa shape index (κ2) is 4.06. The van der Waals surface area contributed by atoms with Gasteiger partial charge in [0.25, 0.3) is 5.69 Å². The molecule has 1 saturated carbocycles. The van der Waals surface area contributed by atoms with E-state index < -0.39 is 4.92 Å². The minimum absolute atomic E-state index is 0.0706. The Kier molecular flexibility index (Phi) is 2.77. The first-order chi connectivity index (χ1) is 7.16. The molecule has 0 spiro atoms. The predicted octanol–water partition coefficient (Wildman–Crippen LogP) is 3.21. The predicted molar refractivity (Wildman–Crippen MR) is 59.4 cm³/mol. The molecule has 0 unspecified atom stereocenters. The lowest BCUT2D eigenvalue weighted by atomic mass is 9.93. The van der Waals surface area contributed by atoms with E-state index in [4.69, 9.17) is 11.6 Å². The Labute approximate surface area is 92.4 Å². The van der Waals surface area contributed by atoms with Gasteiger partial charge in [-0.3, -0.25) is 10.1 Å². The van der Waals surface area contributed by atoms with E-state index >= 15 is 0 Å². The van der Waals surface area contributed by atoms with E-state index in [-0.39, 0.29) is 5.69 Å². The number of nitrogens with one attached hydrogen (secondary N) is 1. The molecule has 0 bridgehead atoms. The summed E-state index contributed by atoms with van der Waals surface area (Å²) in [6.45, 7) is 0. The summed E-state index contributed by atoms with van der Waals surface area (Å²) >= 11 is 5.94. The smallest absolute Gasteiger partial charge is 0.271 e. The first kappa shape index (κ1) is 10.2. The van der Waals surface area contributed by atoms with Gasteiger partial charge in [-0.25, -0.2) is 0 Å². The first-order valence-corrected chi connectivity index (χ1v) is 5.25. The summed E-state index contributed by atoms with van der Waals surface area (Å²) in [5.74, 6) is 0. The molecule has 5 heteroatoms. The molecule has 0 aromatic heterocycles. The SMILES string of the molecule is O=[N+]([O-])c1ccc(Cl)c(NC2CCC2)c1. The van der Waals surface area contributed by atoms with E-state index in [1.54, 1.807) is 6.07 Å². The molecule has 0 radical (unpaired) electrons. The van der Waals surface area contributed by atoms with Crippen LogP contribution in [0, 0.1) is 10.1 Å². The van der Waals surface area contributed by atoms with Crippen molar-refractivity contribution < 1.29 is 4.92 Å². The minimum atomic E-state index is -0.414. The van der Waals surface area contributed by atoms with Crippen molar-refractivity contribution in [3.05, 3.63) is 33.3 Å². The van der Waals surface area contributed by atoms with Crippen LogP contribution in [-0.4, -0.2) is 11.0 Å². The summed E-state index contributed by atoms with van der Waals surface area (Å²) in [7, 11) is 0. The number of halogens is 1. The van der Waals surface area contributed by atoms with Gasteiger partial charge in [-0.1, -0.05) is 11.6 Å². The zero-order valence-corrected chi connectivity index (χ0v) is 8.83. The van der Waals surface area contributed by atoms with Crippen LogP contribution in [0.2, 0.25) is 5.02 Å². The van der Waals surface area contributed by atoms with Crippen molar-refractivity contribution in [1.29, 1.82) is 0 Å². The van der Waals surface area contributed by atoms with E-state index in [0.29, 0.717) is 16.8 Å². The van der Waals surface area contributed by atoms with Gasteiger partial charge in [0.1, 0.15) is 0 Å². The molecule has 1 fully saturated rings. The van der Waals surface area contributed by atoms with Crippen LogP contribution in [0.1, 0.15) is 19.3 Å². The van der Waals surface area contributed by atoms with Gasteiger partial charge in [0.2, 0.25) is 0 Å². The topological polar surface area (TPSA) is 55.2 Å². The lowest BCUT2D eigenvalue weighted by Gasteiger charge is -2.27. The zero-order chi connectivity index (χ0) is 10.8. The molecule has 4 nitrogen and oxygen atoms in total. The van der Waals surface area contributed by atoms with Crippen LogP contribution in [0.25, 0.3) is 0 Å². The van der Waals surface area contributed by atoms with Crippen molar-refractivity contribution >= 4 is 23.0 Å². The molecular formula is C10H11ClN2O2. The number of nitro benzene ring substituents is 1. The maximum atomic E-state index is 10.6. The monoisotopic (exact) mass is 226 g/mol. The molecule has 1 aliphatic carbocycles. The fourth-order valence-corrected chi connectivity index (χ4v) is 1.68. The number of rotatable bonds is 3. The largest absolute Gasteiger partial charge is 0.381 e. The molecule has 0 atom stereocenters. The number of nitro groups is 1. The molecule has 0 aliphatic heterocycles. The molecular weight excluding hydrogens is 216 g/mol. The van der Waals surface area contributed by atoms with Crippen LogP contribution in [0.5, 0.6) is 0 Å². The fourth-order valence-electron chi connectivity index (χ4n) is 1.51. The number of hydrogen-bond donors (Lipinski definition) is 1. The summed E-state index contributed by atoms with van der Waals surface area (Å²) < 4.78 is 0. The number of hydrogen-bond acceptors (Lipinski definition) is 3. The highest BCUT2D eigenvalue weighted by Gasteiger charge is 2.19. The fraction of sp³-hybridized carbons (Fsp3) is 0.400. The van der Waals surface area contributed by atoms with Crippen molar-refractivity contribution in [2.45, 2.75) is 25.3 Å². The van der Waals surface area contributed by atoms with Crippen molar-refractivity contribution in [2.75, 3.05) is 5.32 Å². The van der Waals surface area contributed by atoms with Crippen molar-refractivity contribution in [1.82, 2.24) is 0 Å². The van der Waals surface area contributed by atoms with Crippen LogP contribution in [0.15, 0.2) is 18.2 Å². The maximum Gasteiger partial charge on any atom is 0.271 e. The van der Waals surface area contributed by atoms with Crippen molar-refractivity contribution in [3.8, 4) is 0 Å².